The molecule has 1 aromatic carbocycles. The van der Waals surface area contributed by atoms with Crippen molar-refractivity contribution in [2.75, 3.05) is 32.8 Å². The molecule has 2 aliphatic rings. The van der Waals surface area contributed by atoms with Crippen LogP contribution in [0.4, 0.5) is 0 Å². The van der Waals surface area contributed by atoms with Crippen molar-refractivity contribution in [2.45, 2.75) is 64.5 Å². The van der Waals surface area contributed by atoms with Gasteiger partial charge in [-0.15, -0.1) is 0 Å². The summed E-state index contributed by atoms with van der Waals surface area (Å²) in [6.07, 6.45) is 5.42. The molecule has 2 N–H and O–H groups in total. The van der Waals surface area contributed by atoms with Gasteiger partial charge in [-0.1, -0.05) is 39.2 Å². The van der Waals surface area contributed by atoms with Crippen LogP contribution in [-0.4, -0.2) is 54.8 Å². The number of nitrogens with one attached hydrogen (secondary N) is 1. The van der Waals surface area contributed by atoms with Crippen molar-refractivity contribution in [3.05, 3.63) is 23.8 Å². The van der Waals surface area contributed by atoms with Crippen molar-refractivity contribution in [1.82, 2.24) is 10.2 Å². The number of aliphatic hydroxyl groups is 1. The van der Waals surface area contributed by atoms with Crippen LogP contribution in [0.2, 0.25) is 0 Å². The van der Waals surface area contributed by atoms with Crippen LogP contribution >= 0.6 is 0 Å². The van der Waals surface area contributed by atoms with Crippen molar-refractivity contribution >= 4 is 5.91 Å². The molecule has 3 rings (SSSR count). The van der Waals surface area contributed by atoms with E-state index in [2.05, 4.69) is 24.1 Å². The van der Waals surface area contributed by atoms with Gasteiger partial charge in [-0.25, -0.2) is 0 Å². The van der Waals surface area contributed by atoms with Crippen molar-refractivity contribution in [3.8, 4) is 11.5 Å². The van der Waals surface area contributed by atoms with Gasteiger partial charge in [0.25, 0.3) is 0 Å². The Hall–Kier alpha value is -1.79. The van der Waals surface area contributed by atoms with Gasteiger partial charge < -0.3 is 24.8 Å². The van der Waals surface area contributed by atoms with Crippen molar-refractivity contribution in [2.24, 2.45) is 5.92 Å². The maximum Gasteiger partial charge on any atom is 0.220 e. The molecular formula is C23H36N2O4. The molecule has 2 heterocycles. The minimum atomic E-state index is -0.790. The van der Waals surface area contributed by atoms with Gasteiger partial charge in [-0.2, -0.15) is 0 Å². The molecule has 6 heteroatoms. The SMILES string of the molecule is CCCCC(C)CC(=O)N[C@H](CN1CCCC1)[C@H](O)c1ccc2c(c1)OCCO2. The summed E-state index contributed by atoms with van der Waals surface area (Å²) in [6, 6.07) is 5.20. The van der Waals surface area contributed by atoms with Crippen LogP contribution in [-0.2, 0) is 4.79 Å². The molecule has 1 saturated heterocycles. The molecule has 1 aromatic rings. The Balaban J connectivity index is 1.67. The molecule has 1 fully saturated rings. The second kappa shape index (κ2) is 10.8. The molecule has 0 saturated carbocycles. The number of fused-ring (bicyclic) bond motifs is 1. The van der Waals surface area contributed by atoms with Crippen molar-refractivity contribution < 1.29 is 19.4 Å². The van der Waals surface area contributed by atoms with Crippen LogP contribution in [0.25, 0.3) is 0 Å². The molecule has 0 aliphatic carbocycles. The monoisotopic (exact) mass is 404 g/mol. The third-order valence-corrected chi connectivity index (χ3v) is 5.87. The summed E-state index contributed by atoms with van der Waals surface area (Å²) in [5.41, 5.74) is 0.748. The van der Waals surface area contributed by atoms with Crippen LogP contribution in [0.15, 0.2) is 18.2 Å². The summed E-state index contributed by atoms with van der Waals surface area (Å²) in [5, 5.41) is 14.3. The maximum atomic E-state index is 12.7. The third kappa shape index (κ3) is 6.34. The van der Waals surface area contributed by atoms with E-state index in [0.717, 1.165) is 37.9 Å². The molecule has 0 spiro atoms. The summed E-state index contributed by atoms with van der Waals surface area (Å²) in [5.74, 6) is 1.74. The fraction of sp³-hybridized carbons (Fsp3) is 0.696. The minimum Gasteiger partial charge on any atom is -0.486 e. The van der Waals surface area contributed by atoms with E-state index in [4.69, 9.17) is 9.47 Å². The third-order valence-electron chi connectivity index (χ3n) is 5.87. The van der Waals surface area contributed by atoms with Crippen LogP contribution < -0.4 is 14.8 Å². The molecular weight excluding hydrogens is 368 g/mol. The zero-order valence-corrected chi connectivity index (χ0v) is 17.9. The number of amides is 1. The van der Waals surface area contributed by atoms with E-state index >= 15 is 0 Å². The van der Waals surface area contributed by atoms with E-state index < -0.39 is 6.10 Å². The van der Waals surface area contributed by atoms with Crippen molar-refractivity contribution in [3.63, 3.8) is 0 Å². The maximum absolute atomic E-state index is 12.7. The Labute approximate surface area is 174 Å². The largest absolute Gasteiger partial charge is 0.486 e. The van der Waals surface area contributed by atoms with Crippen LogP contribution in [0.3, 0.4) is 0 Å². The van der Waals surface area contributed by atoms with Gasteiger partial charge in [-0.05, 0) is 49.5 Å². The number of ether oxygens (including phenoxy) is 2. The van der Waals surface area contributed by atoms with Gasteiger partial charge in [0.1, 0.15) is 19.3 Å². The van der Waals surface area contributed by atoms with Gasteiger partial charge in [0.05, 0.1) is 6.04 Å². The highest BCUT2D eigenvalue weighted by Crippen LogP contribution is 2.33. The fourth-order valence-corrected chi connectivity index (χ4v) is 4.18. The lowest BCUT2D eigenvalue weighted by molar-refractivity contribution is -0.123. The van der Waals surface area contributed by atoms with Gasteiger partial charge >= 0.3 is 0 Å². The highest BCUT2D eigenvalue weighted by Gasteiger charge is 2.28. The fourth-order valence-electron chi connectivity index (χ4n) is 4.18. The van der Waals surface area contributed by atoms with Gasteiger partial charge in [0.2, 0.25) is 5.91 Å². The summed E-state index contributed by atoms with van der Waals surface area (Å²) < 4.78 is 11.2. The number of hydrogen-bond donors (Lipinski definition) is 2. The molecule has 6 nitrogen and oxygen atoms in total. The first-order valence-corrected chi connectivity index (χ1v) is 11.2. The first-order valence-electron chi connectivity index (χ1n) is 11.2. The average molecular weight is 405 g/mol. The highest BCUT2D eigenvalue weighted by molar-refractivity contribution is 5.76. The molecule has 0 bridgehead atoms. The minimum absolute atomic E-state index is 0.0226. The highest BCUT2D eigenvalue weighted by atomic mass is 16.6. The second-order valence-corrected chi connectivity index (χ2v) is 8.48. The average Bonchev–Trinajstić information content (AvgIpc) is 3.24. The molecule has 1 amide bonds. The second-order valence-electron chi connectivity index (χ2n) is 8.48. The summed E-state index contributed by atoms with van der Waals surface area (Å²) in [6.45, 7) is 8.05. The Morgan fingerprint density at radius 1 is 1.21 bits per heavy atom. The first kappa shape index (κ1) is 21.9. The zero-order chi connectivity index (χ0) is 20.6. The number of nitrogens with zero attached hydrogens (tertiary/aromatic N) is 1. The predicted octanol–water partition coefficient (Wildman–Crippen LogP) is 3.29. The lowest BCUT2D eigenvalue weighted by Crippen LogP contribution is -2.47. The Morgan fingerprint density at radius 2 is 1.93 bits per heavy atom. The zero-order valence-electron chi connectivity index (χ0n) is 17.9. The molecule has 2 aliphatic heterocycles. The molecule has 0 aromatic heterocycles. The van der Waals surface area contributed by atoms with E-state index in [1.807, 2.05) is 18.2 Å². The van der Waals surface area contributed by atoms with Crippen LogP contribution in [0.1, 0.15) is 64.0 Å². The lowest BCUT2D eigenvalue weighted by atomic mass is 9.98. The van der Waals surface area contributed by atoms with E-state index in [1.165, 1.54) is 12.8 Å². The Morgan fingerprint density at radius 3 is 2.66 bits per heavy atom. The summed E-state index contributed by atoms with van der Waals surface area (Å²) in [7, 11) is 0. The van der Waals surface area contributed by atoms with Crippen LogP contribution in [0.5, 0.6) is 11.5 Å². The van der Waals surface area contributed by atoms with E-state index in [-0.39, 0.29) is 11.9 Å². The number of carbonyl (C=O) groups is 1. The molecule has 3 atom stereocenters. The topological polar surface area (TPSA) is 71.0 Å². The van der Waals surface area contributed by atoms with Gasteiger partial charge in [0, 0.05) is 13.0 Å². The molecule has 162 valence electrons. The number of carbonyl (C=O) groups excluding carboxylic acids is 1. The number of unbranched alkanes of at least 4 members (excludes halogenated alkanes) is 1. The predicted molar refractivity (Wildman–Crippen MR) is 113 cm³/mol. The quantitative estimate of drug-likeness (QED) is 0.626. The smallest absolute Gasteiger partial charge is 0.220 e. The number of aliphatic hydroxyl groups excluding tert-OH is 1. The Bertz CT molecular complexity index is 660. The lowest BCUT2D eigenvalue weighted by Gasteiger charge is -2.30. The van der Waals surface area contributed by atoms with Crippen LogP contribution in [0, 0.1) is 5.92 Å². The van der Waals surface area contributed by atoms with Gasteiger partial charge in [-0.3, -0.25) is 4.79 Å². The normalized spacial score (nSPS) is 19.6. The van der Waals surface area contributed by atoms with Crippen molar-refractivity contribution in [1.29, 1.82) is 0 Å². The molecule has 1 unspecified atom stereocenters. The summed E-state index contributed by atoms with van der Waals surface area (Å²) in [4.78, 5) is 15.0. The van der Waals surface area contributed by atoms with E-state index in [1.54, 1.807) is 0 Å². The Kier molecular flexibility index (Phi) is 8.19. The molecule has 0 radical (unpaired) electrons. The summed E-state index contributed by atoms with van der Waals surface area (Å²) >= 11 is 0. The van der Waals surface area contributed by atoms with E-state index in [9.17, 15) is 9.90 Å². The number of hydrogen-bond acceptors (Lipinski definition) is 5. The number of likely N-dealkylation sites (tertiary alicyclic amines) is 1. The number of benzene rings is 1. The molecule has 29 heavy (non-hydrogen) atoms. The number of rotatable bonds is 10. The standard InChI is InChI=1S/C23H36N2O4/c1-3-4-7-17(2)14-22(26)24-19(16-25-10-5-6-11-25)23(27)18-8-9-20-21(15-18)29-13-12-28-20/h8-9,15,17,19,23,27H,3-7,10-14,16H2,1-2H3,(H,24,26)/t17?,19-,23-/m1/s1. The first-order chi connectivity index (χ1) is 14.1. The van der Waals surface area contributed by atoms with Gasteiger partial charge in [0.15, 0.2) is 11.5 Å². The van der Waals surface area contributed by atoms with E-state index in [0.29, 0.717) is 43.6 Å².